The van der Waals surface area contributed by atoms with E-state index in [9.17, 15) is 9.59 Å². The fraction of sp³-hybridized carbons (Fsp3) is 0.238. The molecule has 8 nitrogen and oxygen atoms in total. The van der Waals surface area contributed by atoms with E-state index in [0.717, 1.165) is 5.75 Å². The molecule has 30 heavy (non-hydrogen) atoms. The maximum atomic E-state index is 13.0. The zero-order valence-electron chi connectivity index (χ0n) is 16.6. The van der Waals surface area contributed by atoms with Crippen molar-refractivity contribution in [3.63, 3.8) is 0 Å². The molecule has 0 radical (unpaired) electrons. The van der Waals surface area contributed by atoms with Crippen molar-refractivity contribution in [1.29, 1.82) is 0 Å². The Kier molecular flexibility index (Phi) is 5.71. The van der Waals surface area contributed by atoms with Gasteiger partial charge in [-0.3, -0.25) is 14.0 Å². The normalized spacial score (nSPS) is 12.2. The second kappa shape index (κ2) is 8.58. The van der Waals surface area contributed by atoms with Crippen molar-refractivity contribution < 1.29 is 9.53 Å². The molecule has 1 atom stereocenters. The van der Waals surface area contributed by atoms with Crippen molar-refractivity contribution in [2.24, 2.45) is 0 Å². The van der Waals surface area contributed by atoms with E-state index in [4.69, 9.17) is 4.74 Å². The molecule has 1 amide bonds. The summed E-state index contributed by atoms with van der Waals surface area (Å²) in [4.78, 5) is 29.0. The second-order valence-electron chi connectivity index (χ2n) is 6.74. The van der Waals surface area contributed by atoms with Crippen LogP contribution in [0.4, 0.5) is 0 Å². The Morgan fingerprint density at radius 1 is 1.30 bits per heavy atom. The summed E-state index contributed by atoms with van der Waals surface area (Å²) in [5, 5.41) is 11.8. The zero-order valence-corrected chi connectivity index (χ0v) is 17.4. The zero-order chi connectivity index (χ0) is 21.1. The number of nitrogens with zero attached hydrogens (tertiary/aromatic N) is 3. The van der Waals surface area contributed by atoms with Gasteiger partial charge in [-0.2, -0.15) is 11.8 Å². The molecule has 3 heterocycles. The Bertz CT molecular complexity index is 1270. The van der Waals surface area contributed by atoms with E-state index in [1.54, 1.807) is 30.0 Å². The number of H-pyrrole nitrogens is 1. The van der Waals surface area contributed by atoms with Crippen LogP contribution in [0.1, 0.15) is 28.6 Å². The molecule has 4 aromatic rings. The topological polar surface area (TPSA) is 101 Å². The van der Waals surface area contributed by atoms with Crippen molar-refractivity contribution >= 4 is 34.2 Å². The summed E-state index contributed by atoms with van der Waals surface area (Å²) in [6.07, 6.45) is 5.96. The molecule has 1 unspecified atom stereocenters. The number of carbonyl (C=O) groups is 1. The molecule has 0 saturated carbocycles. The van der Waals surface area contributed by atoms with E-state index in [1.165, 1.54) is 13.3 Å². The quantitative estimate of drug-likeness (QED) is 0.474. The molecule has 0 aliphatic heterocycles. The van der Waals surface area contributed by atoms with Gasteiger partial charge in [-0.15, -0.1) is 10.2 Å². The third-order valence-corrected chi connectivity index (χ3v) is 5.54. The van der Waals surface area contributed by atoms with Gasteiger partial charge < -0.3 is 15.0 Å². The maximum absolute atomic E-state index is 13.0. The van der Waals surface area contributed by atoms with Crippen molar-refractivity contribution in [3.05, 3.63) is 70.4 Å². The average molecular weight is 423 g/mol. The Labute approximate surface area is 176 Å². The van der Waals surface area contributed by atoms with Crippen LogP contribution >= 0.6 is 11.8 Å². The van der Waals surface area contributed by atoms with Crippen molar-refractivity contribution in [3.8, 4) is 5.75 Å². The third kappa shape index (κ3) is 3.76. The lowest BCUT2D eigenvalue weighted by Crippen LogP contribution is -2.33. The summed E-state index contributed by atoms with van der Waals surface area (Å²) >= 11 is 1.67. The lowest BCUT2D eigenvalue weighted by molar-refractivity contribution is 0.0932. The number of benzene rings is 1. The van der Waals surface area contributed by atoms with E-state index < -0.39 is 5.91 Å². The van der Waals surface area contributed by atoms with E-state index in [-0.39, 0.29) is 17.0 Å². The summed E-state index contributed by atoms with van der Waals surface area (Å²) in [6, 6.07) is 10.4. The molecule has 3 aromatic heterocycles. The first-order chi connectivity index (χ1) is 14.6. The second-order valence-corrected chi connectivity index (χ2v) is 7.72. The highest BCUT2D eigenvalue weighted by molar-refractivity contribution is 7.98. The number of nitrogens with one attached hydrogen (secondary N) is 2. The average Bonchev–Trinajstić information content (AvgIpc) is 3.20. The van der Waals surface area contributed by atoms with Gasteiger partial charge in [0.25, 0.3) is 5.91 Å². The highest BCUT2D eigenvalue weighted by Gasteiger charge is 2.22. The first-order valence-electron chi connectivity index (χ1n) is 9.41. The standard InChI is InChI=1S/C21H21N5O3S/c1-29-13-6-7-16-14(11-13)19(27)15(12-22-16)21(28)23-17(8-10-30-2)20-25-24-18-5-3-4-9-26(18)20/h3-7,9,11-12,17H,8,10H2,1-2H3,(H,22,27)(H,23,28). The molecule has 0 bridgehead atoms. The molecular weight excluding hydrogens is 402 g/mol. The summed E-state index contributed by atoms with van der Waals surface area (Å²) in [5.74, 6) is 1.54. The van der Waals surface area contributed by atoms with Gasteiger partial charge in [0.1, 0.15) is 11.3 Å². The van der Waals surface area contributed by atoms with Gasteiger partial charge in [0.2, 0.25) is 5.43 Å². The molecular formula is C21H21N5O3S. The number of aromatic nitrogens is 4. The first kappa shape index (κ1) is 20.0. The van der Waals surface area contributed by atoms with E-state index in [2.05, 4.69) is 20.5 Å². The van der Waals surface area contributed by atoms with Crippen LogP contribution in [0.5, 0.6) is 5.75 Å². The van der Waals surface area contributed by atoms with E-state index in [0.29, 0.717) is 34.5 Å². The summed E-state index contributed by atoms with van der Waals surface area (Å²) in [7, 11) is 1.53. The summed E-state index contributed by atoms with van der Waals surface area (Å²) < 4.78 is 7.05. The number of ether oxygens (including phenoxy) is 1. The van der Waals surface area contributed by atoms with Crippen LogP contribution in [0.3, 0.4) is 0 Å². The smallest absolute Gasteiger partial charge is 0.257 e. The molecule has 4 rings (SSSR count). The van der Waals surface area contributed by atoms with Crippen LogP contribution in [-0.2, 0) is 0 Å². The Balaban J connectivity index is 1.69. The van der Waals surface area contributed by atoms with Gasteiger partial charge >= 0.3 is 0 Å². The van der Waals surface area contributed by atoms with Crippen molar-refractivity contribution in [2.45, 2.75) is 12.5 Å². The number of pyridine rings is 2. The molecule has 9 heteroatoms. The first-order valence-corrected chi connectivity index (χ1v) is 10.8. The SMILES string of the molecule is COc1ccc2[nH]cc(C(=O)NC(CCSC)c3nnc4ccccn34)c(=O)c2c1. The molecule has 0 aliphatic rings. The predicted molar refractivity (Wildman–Crippen MR) is 117 cm³/mol. The monoisotopic (exact) mass is 423 g/mol. The molecule has 154 valence electrons. The molecule has 2 N–H and O–H groups in total. The van der Waals surface area contributed by atoms with Gasteiger partial charge in [-0.1, -0.05) is 6.07 Å². The van der Waals surface area contributed by atoms with Gasteiger partial charge in [-0.25, -0.2) is 0 Å². The number of thioether (sulfide) groups is 1. The predicted octanol–water partition coefficient (Wildman–Crippen LogP) is 2.80. The minimum absolute atomic E-state index is 0.0405. The van der Waals surface area contributed by atoms with Crippen LogP contribution in [0.25, 0.3) is 16.6 Å². The number of hydrogen-bond acceptors (Lipinski definition) is 6. The maximum Gasteiger partial charge on any atom is 0.257 e. The van der Waals surface area contributed by atoms with Crippen molar-refractivity contribution in [1.82, 2.24) is 24.9 Å². The molecule has 0 aliphatic carbocycles. The Hall–Kier alpha value is -3.33. The number of hydrogen-bond donors (Lipinski definition) is 2. The number of amides is 1. The van der Waals surface area contributed by atoms with Crippen LogP contribution in [0, 0.1) is 0 Å². The van der Waals surface area contributed by atoms with Crippen molar-refractivity contribution in [2.75, 3.05) is 19.1 Å². The highest BCUT2D eigenvalue weighted by atomic mass is 32.2. The highest BCUT2D eigenvalue weighted by Crippen LogP contribution is 2.20. The van der Waals surface area contributed by atoms with Crippen LogP contribution in [0.2, 0.25) is 0 Å². The molecule has 0 saturated heterocycles. The lowest BCUT2D eigenvalue weighted by atomic mass is 10.1. The number of carbonyl (C=O) groups excluding carboxylic acids is 1. The molecule has 1 aromatic carbocycles. The largest absolute Gasteiger partial charge is 0.497 e. The fourth-order valence-electron chi connectivity index (χ4n) is 3.33. The lowest BCUT2D eigenvalue weighted by Gasteiger charge is -2.17. The fourth-order valence-corrected chi connectivity index (χ4v) is 3.80. The minimum atomic E-state index is -0.459. The summed E-state index contributed by atoms with van der Waals surface area (Å²) in [5.41, 5.74) is 1.03. The molecule has 0 spiro atoms. The summed E-state index contributed by atoms with van der Waals surface area (Å²) in [6.45, 7) is 0. The Morgan fingerprint density at radius 3 is 2.97 bits per heavy atom. The van der Waals surface area contributed by atoms with Crippen LogP contribution in [-0.4, -0.2) is 44.6 Å². The number of fused-ring (bicyclic) bond motifs is 2. The number of rotatable bonds is 7. The van der Waals surface area contributed by atoms with Gasteiger partial charge in [0.15, 0.2) is 11.5 Å². The van der Waals surface area contributed by atoms with Crippen LogP contribution in [0.15, 0.2) is 53.6 Å². The van der Waals surface area contributed by atoms with Crippen LogP contribution < -0.4 is 15.5 Å². The van der Waals surface area contributed by atoms with Gasteiger partial charge in [0, 0.05) is 23.3 Å². The molecule has 0 fully saturated rings. The Morgan fingerprint density at radius 2 is 2.17 bits per heavy atom. The van der Waals surface area contributed by atoms with Gasteiger partial charge in [-0.05, 0) is 48.8 Å². The number of methoxy groups -OCH3 is 1. The van der Waals surface area contributed by atoms with Gasteiger partial charge in [0.05, 0.1) is 13.2 Å². The van der Waals surface area contributed by atoms with E-state index in [1.807, 2.05) is 35.1 Å². The minimum Gasteiger partial charge on any atom is -0.497 e. The number of aromatic amines is 1. The third-order valence-electron chi connectivity index (χ3n) is 4.90. The van der Waals surface area contributed by atoms with E-state index >= 15 is 0 Å².